The number of hydrogen-bond donors (Lipinski definition) is 1. The highest BCUT2D eigenvalue weighted by molar-refractivity contribution is 8.02. The molecule has 0 fully saturated rings. The topological polar surface area (TPSA) is 102 Å². The molecule has 1 unspecified atom stereocenters. The average Bonchev–Trinajstić information content (AvgIpc) is 2.91. The molecular formula is C14H16N4O3S. The van der Waals surface area contributed by atoms with Crippen LogP contribution in [0.3, 0.4) is 0 Å². The third-order valence-corrected chi connectivity index (χ3v) is 3.87. The van der Waals surface area contributed by atoms with Gasteiger partial charge in [-0.3, -0.25) is 14.9 Å². The fourth-order valence-electron chi connectivity index (χ4n) is 1.90. The van der Waals surface area contributed by atoms with Crippen molar-refractivity contribution in [3.63, 3.8) is 0 Å². The molecule has 0 saturated heterocycles. The summed E-state index contributed by atoms with van der Waals surface area (Å²) < 4.78 is 0. The molecule has 1 heterocycles. The number of benzene rings is 1. The Morgan fingerprint density at radius 3 is 3.05 bits per heavy atom. The molecule has 0 saturated carbocycles. The summed E-state index contributed by atoms with van der Waals surface area (Å²) in [5, 5.41) is 12.6. The summed E-state index contributed by atoms with van der Waals surface area (Å²) in [6.45, 7) is 0.697. The van der Waals surface area contributed by atoms with Gasteiger partial charge in [0.2, 0.25) is 5.91 Å². The second-order valence-corrected chi connectivity index (χ2v) is 5.68. The lowest BCUT2D eigenvalue weighted by molar-refractivity contribution is -0.384. The van der Waals surface area contributed by atoms with Crippen LogP contribution in [-0.4, -0.2) is 34.0 Å². The number of non-ortho nitro benzene ring substituents is 1. The Hall–Kier alpha value is -2.19. The molecule has 7 nitrogen and oxygen atoms in total. The zero-order valence-electron chi connectivity index (χ0n) is 11.8. The van der Waals surface area contributed by atoms with Gasteiger partial charge in [0, 0.05) is 37.5 Å². The maximum Gasteiger partial charge on any atom is 0.270 e. The van der Waals surface area contributed by atoms with Crippen LogP contribution in [0.4, 0.5) is 5.69 Å². The number of nitro groups is 1. The summed E-state index contributed by atoms with van der Waals surface area (Å²) in [5.41, 5.74) is 6.25. The second-order valence-electron chi connectivity index (χ2n) is 4.66. The lowest BCUT2D eigenvalue weighted by Gasteiger charge is -2.20. The lowest BCUT2D eigenvalue weighted by Crippen LogP contribution is -2.33. The summed E-state index contributed by atoms with van der Waals surface area (Å²) in [6.07, 6.45) is 4.23. The molecule has 0 bridgehead atoms. The Morgan fingerprint density at radius 2 is 2.36 bits per heavy atom. The number of nitro benzene ring substituents is 1. The largest absolute Gasteiger partial charge is 0.353 e. The van der Waals surface area contributed by atoms with E-state index in [0.717, 1.165) is 0 Å². The van der Waals surface area contributed by atoms with E-state index in [1.54, 1.807) is 12.1 Å². The van der Waals surface area contributed by atoms with Gasteiger partial charge in [-0.2, -0.15) is 0 Å². The number of aliphatic imine (C=N–C) groups is 1. The SMILES string of the molecule is NC1SC=CN1CCCC(=O)N=Cc1cccc([N+](=O)[O-])c1. The Kier molecular flexibility index (Phi) is 5.68. The van der Waals surface area contributed by atoms with Crippen LogP contribution in [0.5, 0.6) is 0 Å². The van der Waals surface area contributed by atoms with E-state index in [1.807, 2.05) is 16.5 Å². The zero-order valence-corrected chi connectivity index (χ0v) is 12.6. The van der Waals surface area contributed by atoms with Crippen molar-refractivity contribution < 1.29 is 9.72 Å². The minimum absolute atomic E-state index is 0.0243. The van der Waals surface area contributed by atoms with Crippen LogP contribution >= 0.6 is 11.8 Å². The smallest absolute Gasteiger partial charge is 0.270 e. The van der Waals surface area contributed by atoms with E-state index in [-0.39, 0.29) is 17.1 Å². The molecule has 116 valence electrons. The van der Waals surface area contributed by atoms with E-state index in [2.05, 4.69) is 4.99 Å². The molecule has 8 heteroatoms. The monoisotopic (exact) mass is 320 g/mol. The number of nitrogens with two attached hydrogens (primary N) is 1. The highest BCUT2D eigenvalue weighted by Gasteiger charge is 2.14. The molecule has 1 amide bonds. The Labute approximate surface area is 132 Å². The van der Waals surface area contributed by atoms with Gasteiger partial charge in [-0.15, -0.1) is 0 Å². The second kappa shape index (κ2) is 7.71. The van der Waals surface area contributed by atoms with Gasteiger partial charge in [-0.05, 0) is 17.4 Å². The number of amides is 1. The number of thioether (sulfide) groups is 1. The molecule has 0 spiro atoms. The highest BCUT2D eigenvalue weighted by atomic mass is 32.2. The third-order valence-electron chi connectivity index (χ3n) is 3.04. The van der Waals surface area contributed by atoms with E-state index in [4.69, 9.17) is 5.73 Å². The fraction of sp³-hybridized carbons (Fsp3) is 0.286. The molecule has 0 radical (unpaired) electrons. The number of hydrogen-bond acceptors (Lipinski definition) is 6. The van der Waals surface area contributed by atoms with Crippen molar-refractivity contribution in [1.29, 1.82) is 0 Å². The first-order valence-electron chi connectivity index (χ1n) is 6.71. The quantitative estimate of drug-likeness (QED) is 0.489. The first kappa shape index (κ1) is 16.2. The molecule has 1 aromatic carbocycles. The van der Waals surface area contributed by atoms with Crippen molar-refractivity contribution >= 4 is 29.6 Å². The molecular weight excluding hydrogens is 304 g/mol. The first-order chi connectivity index (χ1) is 10.6. The molecule has 1 atom stereocenters. The lowest BCUT2D eigenvalue weighted by atomic mass is 10.2. The molecule has 22 heavy (non-hydrogen) atoms. The van der Waals surface area contributed by atoms with Crippen LogP contribution < -0.4 is 5.73 Å². The number of carbonyl (C=O) groups is 1. The van der Waals surface area contributed by atoms with Gasteiger partial charge in [-0.1, -0.05) is 23.9 Å². The molecule has 1 aliphatic rings. The van der Waals surface area contributed by atoms with E-state index in [1.165, 1.54) is 30.1 Å². The molecule has 2 rings (SSSR count). The van der Waals surface area contributed by atoms with Crippen molar-refractivity contribution in [3.8, 4) is 0 Å². The summed E-state index contributed by atoms with van der Waals surface area (Å²) in [7, 11) is 0. The molecule has 1 aromatic rings. The van der Waals surface area contributed by atoms with Crippen LogP contribution in [0, 0.1) is 10.1 Å². The summed E-state index contributed by atoms with van der Waals surface area (Å²) in [4.78, 5) is 27.6. The number of nitrogens with zero attached hydrogens (tertiary/aromatic N) is 3. The van der Waals surface area contributed by atoms with Gasteiger partial charge >= 0.3 is 0 Å². The molecule has 0 aliphatic carbocycles. The zero-order chi connectivity index (χ0) is 15.9. The summed E-state index contributed by atoms with van der Waals surface area (Å²) >= 11 is 1.53. The van der Waals surface area contributed by atoms with E-state index >= 15 is 0 Å². The average molecular weight is 320 g/mol. The number of rotatable bonds is 6. The molecule has 2 N–H and O–H groups in total. The van der Waals surface area contributed by atoms with Gasteiger partial charge in [0.05, 0.1) is 4.92 Å². The Bertz CT molecular complexity index is 618. The van der Waals surface area contributed by atoms with Crippen molar-refractivity contribution in [3.05, 3.63) is 51.6 Å². The van der Waals surface area contributed by atoms with Crippen LogP contribution in [-0.2, 0) is 4.79 Å². The van der Waals surface area contributed by atoms with E-state index in [9.17, 15) is 14.9 Å². The van der Waals surface area contributed by atoms with Crippen molar-refractivity contribution in [2.75, 3.05) is 6.54 Å². The van der Waals surface area contributed by atoms with Crippen LogP contribution in [0.2, 0.25) is 0 Å². The van der Waals surface area contributed by atoms with E-state index < -0.39 is 4.92 Å². The minimum atomic E-state index is -0.482. The molecule has 1 aliphatic heterocycles. The van der Waals surface area contributed by atoms with Crippen molar-refractivity contribution in [1.82, 2.24) is 4.90 Å². The Balaban J connectivity index is 1.80. The standard InChI is InChI=1S/C14H16N4O3S/c15-14-17(7-8-22-14)6-2-5-13(19)16-10-11-3-1-4-12(9-11)18(20)21/h1,3-4,7-10,14H,2,5-6,15H2. The summed E-state index contributed by atoms with van der Waals surface area (Å²) in [6, 6.07) is 5.99. The van der Waals surface area contributed by atoms with Crippen molar-refractivity contribution in [2.45, 2.75) is 18.3 Å². The predicted octanol–water partition coefficient (Wildman–Crippen LogP) is 2.08. The minimum Gasteiger partial charge on any atom is -0.353 e. The van der Waals surface area contributed by atoms with Crippen LogP contribution in [0.25, 0.3) is 0 Å². The van der Waals surface area contributed by atoms with Gasteiger partial charge in [-0.25, -0.2) is 4.99 Å². The van der Waals surface area contributed by atoms with Gasteiger partial charge in [0.15, 0.2) is 0 Å². The summed E-state index contributed by atoms with van der Waals surface area (Å²) in [5.74, 6) is -0.254. The molecule has 0 aromatic heterocycles. The normalized spacial score (nSPS) is 17.3. The highest BCUT2D eigenvalue weighted by Crippen LogP contribution is 2.20. The maximum absolute atomic E-state index is 11.7. The van der Waals surface area contributed by atoms with Gasteiger partial charge in [0.1, 0.15) is 5.50 Å². The third kappa shape index (κ3) is 4.68. The fourth-order valence-corrected chi connectivity index (χ4v) is 2.62. The maximum atomic E-state index is 11.7. The predicted molar refractivity (Wildman–Crippen MR) is 86.3 cm³/mol. The van der Waals surface area contributed by atoms with Crippen LogP contribution in [0.1, 0.15) is 18.4 Å². The number of carbonyl (C=O) groups excluding carboxylic acids is 1. The van der Waals surface area contributed by atoms with Crippen molar-refractivity contribution in [2.24, 2.45) is 10.7 Å². The first-order valence-corrected chi connectivity index (χ1v) is 7.65. The Morgan fingerprint density at radius 1 is 1.55 bits per heavy atom. The van der Waals surface area contributed by atoms with Gasteiger partial charge < -0.3 is 10.6 Å². The van der Waals surface area contributed by atoms with Crippen LogP contribution in [0.15, 0.2) is 40.9 Å². The van der Waals surface area contributed by atoms with Gasteiger partial charge in [0.25, 0.3) is 5.69 Å². The van der Waals surface area contributed by atoms with E-state index in [0.29, 0.717) is 24.9 Å².